The number of nitrogens with one attached hydrogen (secondary N) is 1. The highest BCUT2D eigenvalue weighted by Gasteiger charge is 2.13. The van der Waals surface area contributed by atoms with Crippen LogP contribution in [-0.4, -0.2) is 25.6 Å². The molecule has 2 aromatic rings. The molecule has 0 radical (unpaired) electrons. The van der Waals surface area contributed by atoms with Crippen LogP contribution >= 0.6 is 22.6 Å². The van der Waals surface area contributed by atoms with Gasteiger partial charge in [0.15, 0.2) is 6.61 Å². The van der Waals surface area contributed by atoms with Gasteiger partial charge in [-0.05, 0) is 59.0 Å². The smallest absolute Gasteiger partial charge is 0.339 e. The molecule has 0 saturated carbocycles. The average Bonchev–Trinajstić information content (AvgIpc) is 2.54. The van der Waals surface area contributed by atoms with Crippen LogP contribution in [0, 0.1) is 3.57 Å². The number of carbonyl (C=O) groups is 2. The van der Waals surface area contributed by atoms with E-state index in [1.165, 1.54) is 7.11 Å². The second-order valence-electron chi connectivity index (χ2n) is 4.33. The van der Waals surface area contributed by atoms with Crippen LogP contribution in [0.3, 0.4) is 0 Å². The first-order chi connectivity index (χ1) is 10.6. The molecule has 1 amide bonds. The lowest BCUT2D eigenvalue weighted by Crippen LogP contribution is -2.21. The number of hydrogen-bond donors (Lipinski definition) is 1. The van der Waals surface area contributed by atoms with Crippen LogP contribution in [-0.2, 0) is 9.53 Å². The molecule has 0 aliphatic heterocycles. The largest absolute Gasteiger partial charge is 0.484 e. The van der Waals surface area contributed by atoms with Crippen LogP contribution in [0.15, 0.2) is 48.5 Å². The molecule has 5 nitrogen and oxygen atoms in total. The van der Waals surface area contributed by atoms with Crippen molar-refractivity contribution in [3.05, 3.63) is 57.7 Å². The van der Waals surface area contributed by atoms with Crippen LogP contribution in [0.25, 0.3) is 0 Å². The van der Waals surface area contributed by atoms with Crippen molar-refractivity contribution >= 4 is 40.2 Å². The van der Waals surface area contributed by atoms with Gasteiger partial charge in [-0.2, -0.15) is 0 Å². The Morgan fingerprint density at radius 1 is 1.09 bits per heavy atom. The van der Waals surface area contributed by atoms with Crippen molar-refractivity contribution in [1.29, 1.82) is 0 Å². The zero-order valence-corrected chi connectivity index (χ0v) is 14.0. The molecule has 0 spiro atoms. The summed E-state index contributed by atoms with van der Waals surface area (Å²) in [5.41, 5.74) is 0.693. The predicted octanol–water partition coefficient (Wildman–Crippen LogP) is 3.10. The molecule has 114 valence electrons. The van der Waals surface area contributed by atoms with Gasteiger partial charge in [-0.25, -0.2) is 4.79 Å². The summed E-state index contributed by atoms with van der Waals surface area (Å²) < 4.78 is 11.2. The minimum atomic E-state index is -0.505. The standard InChI is InChI=1S/C16H14INO4/c1-21-16(20)13-4-2-3-5-14(13)18-15(19)10-22-12-8-6-11(17)7-9-12/h2-9H,10H2,1H3,(H,18,19). The summed E-state index contributed by atoms with van der Waals surface area (Å²) in [6.07, 6.45) is 0. The molecule has 22 heavy (non-hydrogen) atoms. The molecule has 0 bridgehead atoms. The monoisotopic (exact) mass is 411 g/mol. The lowest BCUT2D eigenvalue weighted by atomic mass is 10.2. The lowest BCUT2D eigenvalue weighted by molar-refractivity contribution is -0.118. The van der Waals surface area contributed by atoms with Crippen LogP contribution in [0.5, 0.6) is 5.75 Å². The molecular weight excluding hydrogens is 397 g/mol. The van der Waals surface area contributed by atoms with E-state index in [2.05, 4.69) is 32.6 Å². The van der Waals surface area contributed by atoms with Gasteiger partial charge in [0.2, 0.25) is 0 Å². The van der Waals surface area contributed by atoms with Gasteiger partial charge in [-0.15, -0.1) is 0 Å². The Bertz CT molecular complexity index is 670. The summed E-state index contributed by atoms with van der Waals surface area (Å²) in [6.45, 7) is -0.143. The first-order valence-corrected chi connectivity index (χ1v) is 7.53. The molecule has 0 unspecified atom stereocenters. The fourth-order valence-electron chi connectivity index (χ4n) is 1.75. The van der Waals surface area contributed by atoms with Crippen molar-refractivity contribution in [2.45, 2.75) is 0 Å². The van der Waals surface area contributed by atoms with Gasteiger partial charge in [0.1, 0.15) is 5.75 Å². The SMILES string of the molecule is COC(=O)c1ccccc1NC(=O)COc1ccc(I)cc1. The Morgan fingerprint density at radius 2 is 1.77 bits per heavy atom. The summed E-state index contributed by atoms with van der Waals surface area (Å²) in [4.78, 5) is 23.5. The highest BCUT2D eigenvalue weighted by Crippen LogP contribution is 2.17. The Balaban J connectivity index is 1.97. The number of ether oxygens (including phenoxy) is 2. The van der Waals surface area contributed by atoms with Crippen LogP contribution in [0.2, 0.25) is 0 Å². The number of anilines is 1. The summed E-state index contributed by atoms with van der Waals surface area (Å²) in [7, 11) is 1.29. The van der Waals surface area contributed by atoms with E-state index >= 15 is 0 Å². The van der Waals surface area contributed by atoms with E-state index < -0.39 is 5.97 Å². The van der Waals surface area contributed by atoms with E-state index in [9.17, 15) is 9.59 Å². The van der Waals surface area contributed by atoms with Gasteiger partial charge >= 0.3 is 5.97 Å². The van der Waals surface area contributed by atoms with Gasteiger partial charge < -0.3 is 14.8 Å². The Morgan fingerprint density at radius 3 is 2.45 bits per heavy atom. The number of amides is 1. The molecule has 0 fully saturated rings. The Labute approximate surface area is 141 Å². The summed E-state index contributed by atoms with van der Waals surface area (Å²) in [5, 5.41) is 2.64. The van der Waals surface area contributed by atoms with Gasteiger partial charge in [-0.1, -0.05) is 12.1 Å². The first kappa shape index (κ1) is 16.3. The van der Waals surface area contributed by atoms with Gasteiger partial charge in [0.05, 0.1) is 18.4 Å². The fourth-order valence-corrected chi connectivity index (χ4v) is 2.11. The van der Waals surface area contributed by atoms with Crippen LogP contribution < -0.4 is 10.1 Å². The van der Waals surface area contributed by atoms with E-state index in [-0.39, 0.29) is 12.5 Å². The Kier molecular flexibility index (Phi) is 5.76. The summed E-state index contributed by atoms with van der Waals surface area (Å²) in [6, 6.07) is 14.0. The highest BCUT2D eigenvalue weighted by atomic mass is 127. The minimum absolute atomic E-state index is 0.143. The number of hydrogen-bond acceptors (Lipinski definition) is 4. The van der Waals surface area contributed by atoms with Crippen LogP contribution in [0.4, 0.5) is 5.69 Å². The molecule has 0 aliphatic carbocycles. The second-order valence-corrected chi connectivity index (χ2v) is 5.57. The van der Waals surface area contributed by atoms with E-state index in [1.54, 1.807) is 36.4 Å². The van der Waals surface area contributed by atoms with Crippen molar-refractivity contribution in [2.75, 3.05) is 19.0 Å². The van der Waals surface area contributed by atoms with E-state index in [4.69, 9.17) is 4.74 Å². The molecule has 0 heterocycles. The number of halogens is 1. The topological polar surface area (TPSA) is 64.6 Å². The second kappa shape index (κ2) is 7.79. The number of methoxy groups -OCH3 is 1. The lowest BCUT2D eigenvalue weighted by Gasteiger charge is -2.10. The highest BCUT2D eigenvalue weighted by molar-refractivity contribution is 14.1. The number of para-hydroxylation sites is 1. The number of rotatable bonds is 5. The van der Waals surface area contributed by atoms with Gasteiger partial charge in [0.25, 0.3) is 5.91 Å². The molecular formula is C16H14INO4. The van der Waals surface area contributed by atoms with Crippen molar-refractivity contribution in [3.8, 4) is 5.75 Å². The van der Waals surface area contributed by atoms with Crippen molar-refractivity contribution in [2.24, 2.45) is 0 Å². The zero-order valence-electron chi connectivity index (χ0n) is 11.8. The molecule has 0 saturated heterocycles. The quantitative estimate of drug-likeness (QED) is 0.607. The van der Waals surface area contributed by atoms with E-state index in [0.29, 0.717) is 17.0 Å². The number of esters is 1. The first-order valence-electron chi connectivity index (χ1n) is 6.45. The van der Waals surface area contributed by atoms with Crippen LogP contribution in [0.1, 0.15) is 10.4 Å². The van der Waals surface area contributed by atoms with E-state index in [0.717, 1.165) is 3.57 Å². The summed E-state index contributed by atoms with van der Waals surface area (Å²) >= 11 is 2.19. The van der Waals surface area contributed by atoms with Gasteiger partial charge in [0, 0.05) is 3.57 Å². The zero-order chi connectivity index (χ0) is 15.9. The third-order valence-corrected chi connectivity index (χ3v) is 3.51. The molecule has 6 heteroatoms. The minimum Gasteiger partial charge on any atom is -0.484 e. The fraction of sp³-hybridized carbons (Fsp3) is 0.125. The molecule has 2 rings (SSSR count). The average molecular weight is 411 g/mol. The molecule has 0 atom stereocenters. The molecule has 2 aromatic carbocycles. The Hall–Kier alpha value is -2.09. The molecule has 0 aliphatic rings. The number of carbonyl (C=O) groups excluding carboxylic acids is 2. The third kappa shape index (κ3) is 4.45. The summed E-state index contributed by atoms with van der Waals surface area (Å²) in [5.74, 6) is -0.249. The van der Waals surface area contributed by atoms with Crippen molar-refractivity contribution in [3.63, 3.8) is 0 Å². The van der Waals surface area contributed by atoms with E-state index in [1.807, 2.05) is 12.1 Å². The maximum absolute atomic E-state index is 11.9. The molecule has 0 aromatic heterocycles. The predicted molar refractivity (Wildman–Crippen MR) is 91.1 cm³/mol. The molecule has 1 N–H and O–H groups in total. The third-order valence-electron chi connectivity index (χ3n) is 2.79. The maximum Gasteiger partial charge on any atom is 0.339 e. The normalized spacial score (nSPS) is 9.91. The van der Waals surface area contributed by atoms with Crippen molar-refractivity contribution < 1.29 is 19.1 Å². The number of benzene rings is 2. The van der Waals surface area contributed by atoms with Gasteiger partial charge in [-0.3, -0.25) is 4.79 Å². The van der Waals surface area contributed by atoms with Crippen molar-refractivity contribution in [1.82, 2.24) is 0 Å². The maximum atomic E-state index is 11.9.